The Kier molecular flexibility index (Phi) is 2.99. The van der Waals surface area contributed by atoms with E-state index >= 15 is 0 Å². The van der Waals surface area contributed by atoms with Gasteiger partial charge in [0.05, 0.1) is 0 Å². The maximum Gasteiger partial charge on any atom is 0.0458 e. The van der Waals surface area contributed by atoms with Crippen LogP contribution >= 0.6 is 0 Å². The van der Waals surface area contributed by atoms with Crippen LogP contribution in [0.4, 0.5) is 0 Å². The Labute approximate surface area is 109 Å². The molecule has 1 heteroatoms. The van der Waals surface area contributed by atoms with E-state index in [4.69, 9.17) is 0 Å². The number of aryl methyl sites for hydroxylation is 1. The number of hydrogen-bond donors (Lipinski definition) is 1. The first-order valence-electron chi connectivity index (χ1n) is 7.00. The highest BCUT2D eigenvalue weighted by molar-refractivity contribution is 5.61. The second-order valence-corrected chi connectivity index (χ2v) is 5.80. The molecule has 0 bridgehead atoms. The Morgan fingerprint density at radius 1 is 1.17 bits per heavy atom. The van der Waals surface area contributed by atoms with Crippen molar-refractivity contribution in [3.8, 4) is 11.3 Å². The van der Waals surface area contributed by atoms with Crippen LogP contribution in [0.1, 0.15) is 31.5 Å². The quantitative estimate of drug-likeness (QED) is 0.797. The Bertz CT molecular complexity index is 522. The van der Waals surface area contributed by atoms with Gasteiger partial charge in [-0.1, -0.05) is 44.2 Å². The third kappa shape index (κ3) is 2.10. The molecule has 1 atom stereocenters. The number of fused-ring (bicyclic) bond motifs is 1. The van der Waals surface area contributed by atoms with Gasteiger partial charge in [0.2, 0.25) is 0 Å². The Balaban J connectivity index is 1.90. The lowest BCUT2D eigenvalue weighted by molar-refractivity contribution is 0.342. The van der Waals surface area contributed by atoms with E-state index in [0.717, 1.165) is 11.8 Å². The summed E-state index contributed by atoms with van der Waals surface area (Å²) in [5, 5.41) is 0. The number of rotatable bonds is 2. The zero-order valence-electron chi connectivity index (χ0n) is 11.2. The SMILES string of the molecule is CC(C)C1CCc2[nH]c(-c3ccccc3)cc2C1. The van der Waals surface area contributed by atoms with Crippen LogP contribution < -0.4 is 0 Å². The van der Waals surface area contributed by atoms with Gasteiger partial charge in [-0.2, -0.15) is 0 Å². The minimum Gasteiger partial charge on any atom is -0.358 e. The highest BCUT2D eigenvalue weighted by Gasteiger charge is 2.23. The molecule has 1 nitrogen and oxygen atoms in total. The molecule has 0 saturated carbocycles. The maximum absolute atomic E-state index is 3.61. The molecular formula is C17H21N. The van der Waals surface area contributed by atoms with Crippen molar-refractivity contribution in [2.24, 2.45) is 11.8 Å². The zero-order chi connectivity index (χ0) is 12.5. The van der Waals surface area contributed by atoms with Crippen molar-refractivity contribution in [1.82, 2.24) is 4.98 Å². The van der Waals surface area contributed by atoms with E-state index in [-0.39, 0.29) is 0 Å². The molecule has 1 aliphatic carbocycles. The van der Waals surface area contributed by atoms with Gasteiger partial charge >= 0.3 is 0 Å². The molecule has 1 aliphatic rings. The van der Waals surface area contributed by atoms with Crippen molar-refractivity contribution in [3.63, 3.8) is 0 Å². The lowest BCUT2D eigenvalue weighted by Gasteiger charge is -2.25. The van der Waals surface area contributed by atoms with Gasteiger partial charge in [0.1, 0.15) is 0 Å². The lowest BCUT2D eigenvalue weighted by atomic mass is 9.81. The van der Waals surface area contributed by atoms with Gasteiger partial charge in [-0.25, -0.2) is 0 Å². The summed E-state index contributed by atoms with van der Waals surface area (Å²) in [4.78, 5) is 3.61. The summed E-state index contributed by atoms with van der Waals surface area (Å²) in [6, 6.07) is 13.0. The van der Waals surface area contributed by atoms with Crippen molar-refractivity contribution < 1.29 is 0 Å². The predicted molar refractivity (Wildman–Crippen MR) is 76.6 cm³/mol. The molecule has 0 spiro atoms. The summed E-state index contributed by atoms with van der Waals surface area (Å²) in [5.74, 6) is 1.66. The van der Waals surface area contributed by atoms with E-state index in [2.05, 4.69) is 55.2 Å². The summed E-state index contributed by atoms with van der Waals surface area (Å²) < 4.78 is 0. The molecule has 94 valence electrons. The number of nitrogens with one attached hydrogen (secondary N) is 1. The second-order valence-electron chi connectivity index (χ2n) is 5.80. The highest BCUT2D eigenvalue weighted by Crippen LogP contribution is 2.32. The fourth-order valence-electron chi connectivity index (χ4n) is 3.00. The van der Waals surface area contributed by atoms with Crippen molar-refractivity contribution in [3.05, 3.63) is 47.7 Å². The first-order valence-corrected chi connectivity index (χ1v) is 7.00. The van der Waals surface area contributed by atoms with E-state index in [1.807, 2.05) is 0 Å². The third-order valence-electron chi connectivity index (χ3n) is 4.27. The van der Waals surface area contributed by atoms with Crippen molar-refractivity contribution in [1.29, 1.82) is 0 Å². The van der Waals surface area contributed by atoms with Crippen LogP contribution in [0.2, 0.25) is 0 Å². The summed E-state index contributed by atoms with van der Waals surface area (Å²) in [6.45, 7) is 4.70. The third-order valence-corrected chi connectivity index (χ3v) is 4.27. The van der Waals surface area contributed by atoms with Gasteiger partial charge in [0.15, 0.2) is 0 Å². The Hall–Kier alpha value is -1.50. The molecule has 1 unspecified atom stereocenters. The van der Waals surface area contributed by atoms with E-state index in [1.165, 1.54) is 36.2 Å². The number of aromatic nitrogens is 1. The van der Waals surface area contributed by atoms with Crippen LogP contribution in [0, 0.1) is 11.8 Å². The molecule has 2 aromatic rings. The second kappa shape index (κ2) is 4.64. The minimum absolute atomic E-state index is 0.799. The molecule has 1 heterocycles. The van der Waals surface area contributed by atoms with Gasteiger partial charge in [-0.05, 0) is 48.3 Å². The summed E-state index contributed by atoms with van der Waals surface area (Å²) >= 11 is 0. The van der Waals surface area contributed by atoms with Crippen LogP contribution in [-0.2, 0) is 12.8 Å². The minimum atomic E-state index is 0.799. The summed E-state index contributed by atoms with van der Waals surface area (Å²) in [5.41, 5.74) is 5.59. The van der Waals surface area contributed by atoms with Crippen molar-refractivity contribution >= 4 is 0 Å². The molecule has 0 radical (unpaired) electrons. The van der Waals surface area contributed by atoms with Gasteiger partial charge in [0, 0.05) is 11.4 Å². The smallest absolute Gasteiger partial charge is 0.0458 e. The average molecular weight is 239 g/mol. The van der Waals surface area contributed by atoms with Crippen LogP contribution in [0.25, 0.3) is 11.3 Å². The Morgan fingerprint density at radius 3 is 2.67 bits per heavy atom. The average Bonchev–Trinajstić information content (AvgIpc) is 2.82. The van der Waals surface area contributed by atoms with Crippen molar-refractivity contribution in [2.45, 2.75) is 33.1 Å². The zero-order valence-corrected chi connectivity index (χ0v) is 11.2. The van der Waals surface area contributed by atoms with Crippen LogP contribution in [0.3, 0.4) is 0 Å². The summed E-state index contributed by atoms with van der Waals surface area (Å²) in [6.07, 6.45) is 3.79. The van der Waals surface area contributed by atoms with Gasteiger partial charge < -0.3 is 4.98 Å². The van der Waals surface area contributed by atoms with E-state index in [9.17, 15) is 0 Å². The molecule has 18 heavy (non-hydrogen) atoms. The first-order chi connectivity index (χ1) is 8.74. The highest BCUT2D eigenvalue weighted by atomic mass is 14.7. The van der Waals surface area contributed by atoms with Crippen LogP contribution in [-0.4, -0.2) is 4.98 Å². The molecule has 0 fully saturated rings. The topological polar surface area (TPSA) is 15.8 Å². The van der Waals surface area contributed by atoms with E-state index < -0.39 is 0 Å². The van der Waals surface area contributed by atoms with E-state index in [0.29, 0.717) is 0 Å². The largest absolute Gasteiger partial charge is 0.358 e. The van der Waals surface area contributed by atoms with Crippen LogP contribution in [0.15, 0.2) is 36.4 Å². The number of H-pyrrole nitrogens is 1. The van der Waals surface area contributed by atoms with Gasteiger partial charge in [-0.3, -0.25) is 0 Å². The molecular weight excluding hydrogens is 218 g/mol. The van der Waals surface area contributed by atoms with Crippen LogP contribution in [0.5, 0.6) is 0 Å². The fraction of sp³-hybridized carbons (Fsp3) is 0.412. The van der Waals surface area contributed by atoms with Crippen molar-refractivity contribution in [2.75, 3.05) is 0 Å². The molecule has 3 rings (SSSR count). The molecule has 0 amide bonds. The first kappa shape index (κ1) is 11.6. The monoisotopic (exact) mass is 239 g/mol. The maximum atomic E-state index is 3.61. The molecule has 1 aromatic carbocycles. The molecule has 1 aromatic heterocycles. The normalized spacial score (nSPS) is 18.9. The Morgan fingerprint density at radius 2 is 1.94 bits per heavy atom. The van der Waals surface area contributed by atoms with Gasteiger partial charge in [0.25, 0.3) is 0 Å². The molecule has 0 saturated heterocycles. The standard InChI is InChI=1S/C17H21N/c1-12(2)14-8-9-16-15(10-14)11-17(18-16)13-6-4-3-5-7-13/h3-7,11-12,14,18H,8-10H2,1-2H3. The van der Waals surface area contributed by atoms with E-state index in [1.54, 1.807) is 5.56 Å². The van der Waals surface area contributed by atoms with Gasteiger partial charge in [-0.15, -0.1) is 0 Å². The number of benzene rings is 1. The lowest BCUT2D eigenvalue weighted by Crippen LogP contribution is -2.18. The number of hydrogen-bond acceptors (Lipinski definition) is 0. The summed E-state index contributed by atoms with van der Waals surface area (Å²) in [7, 11) is 0. The number of aromatic amines is 1. The predicted octanol–water partition coefficient (Wildman–Crippen LogP) is 4.44. The molecule has 0 aliphatic heterocycles. The fourth-order valence-corrected chi connectivity index (χ4v) is 3.00. The molecule has 1 N–H and O–H groups in total.